The first kappa shape index (κ1) is 11.8. The molecule has 0 fully saturated rings. The van der Waals surface area contributed by atoms with Crippen LogP contribution in [-0.2, 0) is 13.6 Å². The molecule has 0 spiro atoms. The summed E-state index contributed by atoms with van der Waals surface area (Å²) < 4.78 is 15.5. The molecule has 1 N–H and O–H groups in total. The molecule has 2 rings (SSSR count). The Morgan fingerprint density at radius 3 is 2.88 bits per heavy atom. The molecule has 90 valence electrons. The second-order valence-corrected chi connectivity index (χ2v) is 4.02. The number of hydrogen-bond donors (Lipinski definition) is 1. The largest absolute Gasteiger partial charge is 0.340 e. The van der Waals surface area contributed by atoms with Gasteiger partial charge >= 0.3 is 0 Å². The van der Waals surface area contributed by atoms with E-state index in [1.165, 1.54) is 6.07 Å². The summed E-state index contributed by atoms with van der Waals surface area (Å²) in [5, 5.41) is 3.22. The number of nitrogens with zero attached hydrogens (tertiary/aromatic N) is 2. The first-order valence-electron chi connectivity index (χ1n) is 5.68. The van der Waals surface area contributed by atoms with Crippen molar-refractivity contribution < 1.29 is 4.39 Å². The van der Waals surface area contributed by atoms with Gasteiger partial charge in [-0.1, -0.05) is 13.0 Å². The molecule has 3 nitrogen and oxygen atoms in total. The van der Waals surface area contributed by atoms with Gasteiger partial charge in [0.25, 0.3) is 0 Å². The van der Waals surface area contributed by atoms with Crippen LogP contribution in [0.1, 0.15) is 12.5 Å². The minimum Gasteiger partial charge on any atom is -0.340 e. The number of nitrogens with one attached hydrogen (secondary N) is 1. The van der Waals surface area contributed by atoms with Gasteiger partial charge in [0, 0.05) is 25.4 Å². The molecular weight excluding hydrogens is 217 g/mol. The van der Waals surface area contributed by atoms with E-state index in [2.05, 4.69) is 10.3 Å². The fourth-order valence-corrected chi connectivity index (χ4v) is 1.70. The summed E-state index contributed by atoms with van der Waals surface area (Å²) >= 11 is 0. The molecule has 17 heavy (non-hydrogen) atoms. The average Bonchev–Trinajstić information content (AvgIpc) is 2.75. The summed E-state index contributed by atoms with van der Waals surface area (Å²) in [4.78, 5) is 4.17. The van der Waals surface area contributed by atoms with E-state index in [1.54, 1.807) is 12.4 Å². The molecule has 0 radical (unpaired) electrons. The highest BCUT2D eigenvalue weighted by atomic mass is 19.1. The Balaban J connectivity index is 2.32. The van der Waals surface area contributed by atoms with E-state index in [4.69, 9.17) is 0 Å². The highest BCUT2D eigenvalue weighted by molar-refractivity contribution is 5.60. The van der Waals surface area contributed by atoms with E-state index in [0.29, 0.717) is 11.3 Å². The van der Waals surface area contributed by atoms with Crippen molar-refractivity contribution in [3.8, 4) is 11.3 Å². The number of aromatic nitrogens is 2. The zero-order valence-electron chi connectivity index (χ0n) is 10.1. The van der Waals surface area contributed by atoms with E-state index in [-0.39, 0.29) is 5.82 Å². The van der Waals surface area contributed by atoms with Crippen LogP contribution < -0.4 is 5.32 Å². The van der Waals surface area contributed by atoms with Crippen LogP contribution in [0.25, 0.3) is 11.3 Å². The number of aryl methyl sites for hydroxylation is 1. The predicted molar refractivity (Wildman–Crippen MR) is 66.0 cm³/mol. The molecule has 4 heteroatoms. The van der Waals surface area contributed by atoms with Crippen molar-refractivity contribution >= 4 is 0 Å². The van der Waals surface area contributed by atoms with Crippen molar-refractivity contribution in [3.05, 3.63) is 42.1 Å². The molecular formula is C13H16FN3. The first-order valence-corrected chi connectivity index (χ1v) is 5.68. The van der Waals surface area contributed by atoms with Crippen LogP contribution in [0.15, 0.2) is 30.7 Å². The van der Waals surface area contributed by atoms with Crippen molar-refractivity contribution in [1.29, 1.82) is 0 Å². The Kier molecular flexibility index (Phi) is 3.54. The van der Waals surface area contributed by atoms with Gasteiger partial charge in [-0.25, -0.2) is 9.37 Å². The summed E-state index contributed by atoms with van der Waals surface area (Å²) in [5.74, 6) is -0.232. The standard InChI is InChI=1S/C13H16FN3/c1-3-15-7-10-4-5-12(14)11(6-10)13-8-17(2)9-16-13/h4-6,8-9,15H,3,7H2,1-2H3. The summed E-state index contributed by atoms with van der Waals surface area (Å²) in [6, 6.07) is 5.14. The predicted octanol–water partition coefficient (Wildman–Crippen LogP) is 2.34. The summed E-state index contributed by atoms with van der Waals surface area (Å²) in [7, 11) is 1.87. The van der Waals surface area contributed by atoms with Crippen molar-refractivity contribution in [2.75, 3.05) is 6.54 Å². The molecule has 0 aliphatic heterocycles. The fraction of sp³-hybridized carbons (Fsp3) is 0.308. The topological polar surface area (TPSA) is 29.9 Å². The number of benzene rings is 1. The number of imidazole rings is 1. The highest BCUT2D eigenvalue weighted by Crippen LogP contribution is 2.22. The molecule has 1 aromatic heterocycles. The lowest BCUT2D eigenvalue weighted by Crippen LogP contribution is -2.11. The smallest absolute Gasteiger partial charge is 0.132 e. The van der Waals surface area contributed by atoms with Gasteiger partial charge in [-0.2, -0.15) is 0 Å². The molecule has 0 saturated heterocycles. The normalized spacial score (nSPS) is 10.8. The Morgan fingerprint density at radius 1 is 1.41 bits per heavy atom. The lowest BCUT2D eigenvalue weighted by molar-refractivity contribution is 0.628. The van der Waals surface area contributed by atoms with E-state index >= 15 is 0 Å². The summed E-state index contributed by atoms with van der Waals surface area (Å²) in [6.45, 7) is 3.69. The van der Waals surface area contributed by atoms with Gasteiger partial charge in [-0.15, -0.1) is 0 Å². The highest BCUT2D eigenvalue weighted by Gasteiger charge is 2.08. The Bertz CT molecular complexity index is 505. The molecule has 0 amide bonds. The van der Waals surface area contributed by atoms with Crippen LogP contribution in [0, 0.1) is 5.82 Å². The summed E-state index contributed by atoms with van der Waals surface area (Å²) in [5.41, 5.74) is 2.29. The van der Waals surface area contributed by atoms with Crippen molar-refractivity contribution in [1.82, 2.24) is 14.9 Å². The van der Waals surface area contributed by atoms with E-state index in [9.17, 15) is 4.39 Å². The maximum atomic E-state index is 13.7. The zero-order valence-corrected chi connectivity index (χ0v) is 10.1. The van der Waals surface area contributed by atoms with Crippen molar-refractivity contribution in [3.63, 3.8) is 0 Å². The van der Waals surface area contributed by atoms with Gasteiger partial charge in [0.1, 0.15) is 5.82 Å². The fourth-order valence-electron chi connectivity index (χ4n) is 1.70. The van der Waals surface area contributed by atoms with Crippen LogP contribution >= 0.6 is 0 Å². The molecule has 0 bridgehead atoms. The minimum absolute atomic E-state index is 0.232. The maximum Gasteiger partial charge on any atom is 0.132 e. The zero-order chi connectivity index (χ0) is 12.3. The average molecular weight is 233 g/mol. The number of rotatable bonds is 4. The second-order valence-electron chi connectivity index (χ2n) is 4.02. The Morgan fingerprint density at radius 2 is 2.24 bits per heavy atom. The third-order valence-electron chi connectivity index (χ3n) is 2.59. The molecule has 0 atom stereocenters. The van der Waals surface area contributed by atoms with E-state index < -0.39 is 0 Å². The molecule has 2 aromatic rings. The Hall–Kier alpha value is -1.68. The van der Waals surface area contributed by atoms with E-state index in [1.807, 2.05) is 30.8 Å². The number of halogens is 1. The van der Waals surface area contributed by atoms with Gasteiger partial charge < -0.3 is 9.88 Å². The molecule has 0 unspecified atom stereocenters. The lowest BCUT2D eigenvalue weighted by Gasteiger charge is -2.05. The molecule has 1 heterocycles. The lowest BCUT2D eigenvalue weighted by atomic mass is 10.1. The second kappa shape index (κ2) is 5.10. The van der Waals surface area contributed by atoms with Gasteiger partial charge in [-0.05, 0) is 24.2 Å². The van der Waals surface area contributed by atoms with Crippen LogP contribution in [0.4, 0.5) is 4.39 Å². The monoisotopic (exact) mass is 233 g/mol. The third kappa shape index (κ3) is 2.71. The molecule has 0 aliphatic rings. The first-order chi connectivity index (χ1) is 8.20. The molecule has 1 aromatic carbocycles. The van der Waals surface area contributed by atoms with Gasteiger partial charge in [-0.3, -0.25) is 0 Å². The minimum atomic E-state index is -0.232. The van der Waals surface area contributed by atoms with Crippen LogP contribution in [0.5, 0.6) is 0 Å². The van der Waals surface area contributed by atoms with Gasteiger partial charge in [0.05, 0.1) is 12.0 Å². The van der Waals surface area contributed by atoms with Crippen molar-refractivity contribution in [2.24, 2.45) is 7.05 Å². The maximum absolute atomic E-state index is 13.7. The van der Waals surface area contributed by atoms with Crippen LogP contribution in [-0.4, -0.2) is 16.1 Å². The molecule has 0 saturated carbocycles. The SMILES string of the molecule is CCNCc1ccc(F)c(-c2cn(C)cn2)c1. The Labute approximate surface area is 100 Å². The third-order valence-corrected chi connectivity index (χ3v) is 2.59. The van der Waals surface area contributed by atoms with Crippen molar-refractivity contribution in [2.45, 2.75) is 13.5 Å². The van der Waals surface area contributed by atoms with E-state index in [0.717, 1.165) is 18.7 Å². The molecule has 0 aliphatic carbocycles. The number of hydrogen-bond acceptors (Lipinski definition) is 2. The van der Waals surface area contributed by atoms with Crippen LogP contribution in [0.3, 0.4) is 0 Å². The quantitative estimate of drug-likeness (QED) is 0.878. The van der Waals surface area contributed by atoms with Crippen LogP contribution in [0.2, 0.25) is 0 Å². The van der Waals surface area contributed by atoms with Gasteiger partial charge in [0.2, 0.25) is 0 Å². The summed E-state index contributed by atoms with van der Waals surface area (Å²) in [6.07, 6.45) is 3.49. The van der Waals surface area contributed by atoms with Gasteiger partial charge in [0.15, 0.2) is 0 Å².